The van der Waals surface area contributed by atoms with Crippen LogP contribution in [0.25, 0.3) is 0 Å². The van der Waals surface area contributed by atoms with Crippen LogP contribution in [0, 0.1) is 0 Å². The molecule has 1 fully saturated rings. The van der Waals surface area contributed by atoms with Crippen LogP contribution < -0.4 is 0 Å². The summed E-state index contributed by atoms with van der Waals surface area (Å²) in [5, 5.41) is 0. The van der Waals surface area contributed by atoms with Gasteiger partial charge in [0.1, 0.15) is 6.10 Å². The highest BCUT2D eigenvalue weighted by molar-refractivity contribution is 5.27. The van der Waals surface area contributed by atoms with Crippen molar-refractivity contribution in [1.82, 2.24) is 0 Å². The van der Waals surface area contributed by atoms with Gasteiger partial charge in [0.25, 0.3) is 0 Å². The SMILES string of the molecule is CCCCCOC1COC(C2=CCC(OC(F)(F)C(F)(F)C(F)(F)CF)C=C2)OC1. The minimum Gasteiger partial charge on any atom is -0.373 e. The Hall–Kier alpha value is -1.17. The van der Waals surface area contributed by atoms with Crippen molar-refractivity contribution in [2.75, 3.05) is 26.5 Å². The van der Waals surface area contributed by atoms with Crippen LogP contribution in [0.2, 0.25) is 0 Å². The van der Waals surface area contributed by atoms with Crippen LogP contribution in [0.4, 0.5) is 30.7 Å². The molecule has 30 heavy (non-hydrogen) atoms. The zero-order valence-corrected chi connectivity index (χ0v) is 16.4. The number of hydrogen-bond donors (Lipinski definition) is 0. The molecule has 1 aliphatic heterocycles. The molecule has 0 saturated carbocycles. The molecule has 2 rings (SSSR count). The minimum atomic E-state index is -6.01. The van der Waals surface area contributed by atoms with Gasteiger partial charge in [0.2, 0.25) is 0 Å². The first kappa shape index (κ1) is 25.1. The zero-order chi connectivity index (χ0) is 22.4. The van der Waals surface area contributed by atoms with Gasteiger partial charge in [0.05, 0.1) is 19.3 Å². The van der Waals surface area contributed by atoms with Crippen LogP contribution in [0.3, 0.4) is 0 Å². The van der Waals surface area contributed by atoms with Crippen molar-refractivity contribution in [1.29, 1.82) is 0 Å². The van der Waals surface area contributed by atoms with E-state index in [1.807, 2.05) is 0 Å². The first-order valence-corrected chi connectivity index (χ1v) is 9.64. The van der Waals surface area contributed by atoms with E-state index in [4.69, 9.17) is 14.2 Å². The first-order chi connectivity index (χ1) is 14.0. The molecule has 0 aromatic heterocycles. The highest BCUT2D eigenvalue weighted by Gasteiger charge is 2.73. The highest BCUT2D eigenvalue weighted by Crippen LogP contribution is 2.47. The second kappa shape index (κ2) is 10.4. The minimum absolute atomic E-state index is 0.236. The quantitative estimate of drug-likeness (QED) is 0.327. The smallest absolute Gasteiger partial charge is 0.373 e. The van der Waals surface area contributed by atoms with E-state index in [1.165, 1.54) is 12.2 Å². The average molecular weight is 450 g/mol. The summed E-state index contributed by atoms with van der Waals surface area (Å²) in [6.45, 7) is 0.223. The highest BCUT2D eigenvalue weighted by atomic mass is 19.4. The summed E-state index contributed by atoms with van der Waals surface area (Å²) in [6, 6.07) is 0. The summed E-state index contributed by atoms with van der Waals surface area (Å²) in [5.74, 6) is -11.6. The second-order valence-corrected chi connectivity index (χ2v) is 7.08. The molecule has 0 radical (unpaired) electrons. The fourth-order valence-electron chi connectivity index (χ4n) is 2.82. The molecule has 0 amide bonds. The van der Waals surface area contributed by atoms with Gasteiger partial charge < -0.3 is 18.9 Å². The normalized spacial score (nSPS) is 26.0. The first-order valence-electron chi connectivity index (χ1n) is 9.64. The van der Waals surface area contributed by atoms with E-state index in [1.54, 1.807) is 0 Å². The molecule has 1 saturated heterocycles. The summed E-state index contributed by atoms with van der Waals surface area (Å²) < 4.78 is 112. The fraction of sp³-hybridized carbons (Fsp3) is 0.789. The van der Waals surface area contributed by atoms with Crippen molar-refractivity contribution in [2.24, 2.45) is 0 Å². The lowest BCUT2D eigenvalue weighted by Crippen LogP contribution is -2.57. The van der Waals surface area contributed by atoms with Crippen molar-refractivity contribution < 1.29 is 49.7 Å². The third kappa shape index (κ3) is 5.95. The predicted molar refractivity (Wildman–Crippen MR) is 92.5 cm³/mol. The van der Waals surface area contributed by atoms with Crippen LogP contribution in [0.5, 0.6) is 0 Å². The van der Waals surface area contributed by atoms with Crippen molar-refractivity contribution in [2.45, 2.75) is 69.1 Å². The van der Waals surface area contributed by atoms with Crippen LogP contribution >= 0.6 is 0 Å². The molecule has 0 bridgehead atoms. The number of hydrogen-bond acceptors (Lipinski definition) is 4. The molecule has 0 aromatic rings. The molecule has 1 atom stereocenters. The van der Waals surface area contributed by atoms with Gasteiger partial charge in [-0.2, -0.15) is 26.3 Å². The molecule has 0 spiro atoms. The summed E-state index contributed by atoms with van der Waals surface area (Å²) in [4.78, 5) is 0. The monoisotopic (exact) mass is 450 g/mol. The molecule has 1 aliphatic carbocycles. The zero-order valence-electron chi connectivity index (χ0n) is 16.4. The van der Waals surface area contributed by atoms with Crippen LogP contribution in [-0.2, 0) is 18.9 Å². The van der Waals surface area contributed by atoms with E-state index in [2.05, 4.69) is 11.7 Å². The van der Waals surface area contributed by atoms with Crippen molar-refractivity contribution in [3.8, 4) is 0 Å². The van der Waals surface area contributed by atoms with Crippen molar-refractivity contribution in [3.05, 3.63) is 23.8 Å². The standard InChI is InChI=1S/C19H25F7O4/c1-2-3-4-9-27-15-10-28-16(29-11-15)13-5-7-14(8-6-13)30-19(25,26)18(23,24)17(21,22)12-20/h5-7,14-16H,2-4,8-12H2,1H3. The Morgan fingerprint density at radius 3 is 2.27 bits per heavy atom. The molecule has 11 heteroatoms. The maximum absolute atomic E-state index is 13.6. The summed E-state index contributed by atoms with van der Waals surface area (Å²) in [5.41, 5.74) is 0.448. The largest absolute Gasteiger partial charge is 0.426 e. The van der Waals surface area contributed by atoms with Crippen LogP contribution in [0.15, 0.2) is 23.8 Å². The van der Waals surface area contributed by atoms with Gasteiger partial charge in [-0.25, -0.2) is 4.39 Å². The summed E-state index contributed by atoms with van der Waals surface area (Å²) in [7, 11) is 0. The number of rotatable bonds is 11. The van der Waals surface area contributed by atoms with Crippen LogP contribution in [0.1, 0.15) is 32.6 Å². The van der Waals surface area contributed by atoms with Gasteiger partial charge in [-0.05, 0) is 12.8 Å². The van der Waals surface area contributed by atoms with E-state index < -0.39 is 37.0 Å². The maximum Gasteiger partial charge on any atom is 0.426 e. The molecule has 0 N–H and O–H groups in total. The van der Waals surface area contributed by atoms with Gasteiger partial charge in [-0.1, -0.05) is 38.0 Å². The molecular formula is C19H25F7O4. The predicted octanol–water partition coefficient (Wildman–Crippen LogP) is 5.04. The topological polar surface area (TPSA) is 36.9 Å². The lowest BCUT2D eigenvalue weighted by Gasteiger charge is -2.34. The summed E-state index contributed by atoms with van der Waals surface area (Å²) >= 11 is 0. The fourth-order valence-corrected chi connectivity index (χ4v) is 2.82. The Labute approximate surface area is 170 Å². The molecule has 4 nitrogen and oxygen atoms in total. The second-order valence-electron chi connectivity index (χ2n) is 7.08. The molecular weight excluding hydrogens is 425 g/mol. The summed E-state index contributed by atoms with van der Waals surface area (Å²) in [6.07, 6.45) is -1.84. The number of halogens is 7. The van der Waals surface area contributed by atoms with Crippen LogP contribution in [-0.4, -0.2) is 62.9 Å². The van der Waals surface area contributed by atoms with Gasteiger partial charge >= 0.3 is 18.0 Å². The average Bonchev–Trinajstić information content (AvgIpc) is 2.72. The van der Waals surface area contributed by atoms with Crippen molar-refractivity contribution >= 4 is 0 Å². The molecule has 2 aliphatic rings. The van der Waals surface area contributed by atoms with Gasteiger partial charge in [0.15, 0.2) is 13.0 Å². The number of ether oxygens (including phenoxy) is 4. The lowest BCUT2D eigenvalue weighted by atomic mass is 10.0. The lowest BCUT2D eigenvalue weighted by molar-refractivity contribution is -0.405. The maximum atomic E-state index is 13.6. The number of alkyl halides is 7. The molecule has 1 heterocycles. The van der Waals surface area contributed by atoms with E-state index in [0.29, 0.717) is 12.2 Å². The Morgan fingerprint density at radius 2 is 1.73 bits per heavy atom. The van der Waals surface area contributed by atoms with E-state index >= 15 is 0 Å². The van der Waals surface area contributed by atoms with Crippen molar-refractivity contribution in [3.63, 3.8) is 0 Å². The Balaban J connectivity index is 1.83. The van der Waals surface area contributed by atoms with E-state index in [-0.39, 0.29) is 25.7 Å². The number of unbranched alkanes of at least 4 members (excludes halogenated alkanes) is 2. The van der Waals surface area contributed by atoms with Gasteiger partial charge in [-0.15, -0.1) is 0 Å². The Bertz CT molecular complexity index is 602. The molecule has 174 valence electrons. The van der Waals surface area contributed by atoms with Gasteiger partial charge in [-0.3, -0.25) is 0 Å². The Kier molecular flexibility index (Phi) is 8.72. The third-order valence-corrected chi connectivity index (χ3v) is 4.62. The molecule has 1 unspecified atom stereocenters. The molecule has 0 aromatic carbocycles. The third-order valence-electron chi connectivity index (χ3n) is 4.62. The van der Waals surface area contributed by atoms with E-state index in [9.17, 15) is 30.7 Å². The van der Waals surface area contributed by atoms with E-state index in [0.717, 1.165) is 25.3 Å². The van der Waals surface area contributed by atoms with Gasteiger partial charge in [0, 0.05) is 12.2 Å². The Morgan fingerprint density at radius 1 is 1.07 bits per heavy atom.